The summed E-state index contributed by atoms with van der Waals surface area (Å²) >= 11 is 0. The summed E-state index contributed by atoms with van der Waals surface area (Å²) in [6.07, 6.45) is -0.581. The quantitative estimate of drug-likeness (QED) is 0.932. The zero-order chi connectivity index (χ0) is 15.8. The maximum Gasteiger partial charge on any atom is 0.422 e. The normalized spacial score (nSPS) is 17.1. The van der Waals surface area contributed by atoms with Gasteiger partial charge in [0.05, 0.1) is 5.54 Å². The molecule has 0 radical (unpaired) electrons. The van der Waals surface area contributed by atoms with Crippen LogP contribution in [0.25, 0.3) is 11.6 Å². The molecular formula is C13H13F3N4O2. The first kappa shape index (κ1) is 14.8. The summed E-state index contributed by atoms with van der Waals surface area (Å²) in [5, 5.41) is 3.81. The molecule has 9 heteroatoms. The topological polar surface area (TPSA) is 87.1 Å². The highest BCUT2D eigenvalue weighted by molar-refractivity contribution is 5.56. The van der Waals surface area contributed by atoms with Crippen molar-refractivity contribution in [3.8, 4) is 17.3 Å². The molecule has 1 fully saturated rings. The monoisotopic (exact) mass is 314 g/mol. The molecule has 1 saturated carbocycles. The van der Waals surface area contributed by atoms with E-state index in [4.69, 9.17) is 15.0 Å². The lowest BCUT2D eigenvalue weighted by molar-refractivity contribution is -0.153. The number of halogens is 3. The number of aromatic nitrogens is 3. The van der Waals surface area contributed by atoms with E-state index in [-0.39, 0.29) is 17.3 Å². The van der Waals surface area contributed by atoms with Gasteiger partial charge in [0.15, 0.2) is 23.9 Å². The molecule has 22 heavy (non-hydrogen) atoms. The molecule has 0 aromatic carbocycles. The number of rotatable bonds is 4. The average Bonchev–Trinajstić information content (AvgIpc) is 2.92. The summed E-state index contributed by atoms with van der Waals surface area (Å²) in [7, 11) is 0. The molecule has 2 aromatic rings. The van der Waals surface area contributed by atoms with E-state index in [0.29, 0.717) is 5.82 Å². The minimum Gasteiger partial charge on any atom is -0.482 e. The predicted molar refractivity (Wildman–Crippen MR) is 68.8 cm³/mol. The predicted octanol–water partition coefficient (Wildman–Crippen LogP) is 2.41. The molecule has 1 aliphatic rings. The maximum absolute atomic E-state index is 12.3. The Bertz CT molecular complexity index is 667. The average molecular weight is 314 g/mol. The summed E-state index contributed by atoms with van der Waals surface area (Å²) < 4.78 is 46.7. The number of pyridine rings is 1. The van der Waals surface area contributed by atoms with Crippen molar-refractivity contribution in [3.63, 3.8) is 0 Å². The summed E-state index contributed by atoms with van der Waals surface area (Å²) in [4.78, 5) is 8.11. The van der Waals surface area contributed by atoms with Crippen LogP contribution in [0.3, 0.4) is 0 Å². The van der Waals surface area contributed by atoms with Gasteiger partial charge in [-0.1, -0.05) is 5.16 Å². The van der Waals surface area contributed by atoms with Gasteiger partial charge in [-0.2, -0.15) is 18.2 Å². The van der Waals surface area contributed by atoms with Gasteiger partial charge < -0.3 is 15.0 Å². The first-order chi connectivity index (χ1) is 10.4. The van der Waals surface area contributed by atoms with Crippen molar-refractivity contribution in [3.05, 3.63) is 24.2 Å². The molecule has 0 bridgehead atoms. The van der Waals surface area contributed by atoms with Gasteiger partial charge in [0.2, 0.25) is 0 Å². The number of alkyl halides is 3. The highest BCUT2D eigenvalue weighted by Gasteiger charge is 2.39. The molecular weight excluding hydrogens is 301 g/mol. The molecule has 2 N–H and O–H groups in total. The Morgan fingerprint density at radius 1 is 1.36 bits per heavy atom. The molecule has 2 heterocycles. The molecule has 2 aromatic heterocycles. The van der Waals surface area contributed by atoms with Gasteiger partial charge in [0.25, 0.3) is 5.89 Å². The fraction of sp³-hybridized carbons (Fsp3) is 0.462. The van der Waals surface area contributed by atoms with Crippen molar-refractivity contribution in [1.29, 1.82) is 0 Å². The number of nitrogens with two attached hydrogens (primary N) is 1. The van der Waals surface area contributed by atoms with Crippen molar-refractivity contribution in [2.75, 3.05) is 6.61 Å². The van der Waals surface area contributed by atoms with Gasteiger partial charge in [-0.3, -0.25) is 0 Å². The lowest BCUT2D eigenvalue weighted by atomic mass is 9.77. The van der Waals surface area contributed by atoms with E-state index >= 15 is 0 Å². The van der Waals surface area contributed by atoms with Crippen LogP contribution in [0.1, 0.15) is 25.1 Å². The molecule has 0 saturated heterocycles. The Labute approximate surface area is 123 Å². The molecule has 0 aliphatic heterocycles. The Morgan fingerprint density at radius 3 is 2.77 bits per heavy atom. The zero-order valence-electron chi connectivity index (χ0n) is 11.4. The van der Waals surface area contributed by atoms with Crippen LogP contribution in [0.5, 0.6) is 5.75 Å². The number of nitrogens with zero attached hydrogens (tertiary/aromatic N) is 3. The van der Waals surface area contributed by atoms with Crippen LogP contribution in [0, 0.1) is 0 Å². The van der Waals surface area contributed by atoms with Crippen LogP contribution in [-0.4, -0.2) is 27.9 Å². The van der Waals surface area contributed by atoms with E-state index < -0.39 is 18.3 Å². The Kier molecular flexibility index (Phi) is 3.51. The number of ether oxygens (including phenoxy) is 1. The number of hydrogen-bond acceptors (Lipinski definition) is 6. The molecule has 1 aliphatic carbocycles. The zero-order valence-corrected chi connectivity index (χ0v) is 11.4. The first-order valence-electron chi connectivity index (χ1n) is 6.65. The van der Waals surface area contributed by atoms with E-state index in [1.807, 2.05) is 0 Å². The molecule has 0 amide bonds. The van der Waals surface area contributed by atoms with Crippen LogP contribution in [-0.2, 0) is 5.54 Å². The van der Waals surface area contributed by atoms with Gasteiger partial charge in [0.1, 0.15) is 0 Å². The van der Waals surface area contributed by atoms with E-state index in [0.717, 1.165) is 19.3 Å². The Hall–Kier alpha value is -2.16. The van der Waals surface area contributed by atoms with E-state index in [9.17, 15) is 13.2 Å². The standard InChI is InChI=1S/C13H13F3N4O2/c14-13(15,16)7-21-8-3-1-6-18-9(8)10-19-11(20-22-10)12(17)4-2-5-12/h1,3,6H,2,4-5,7,17H2. The lowest BCUT2D eigenvalue weighted by Crippen LogP contribution is -2.44. The fourth-order valence-electron chi connectivity index (χ4n) is 2.13. The Morgan fingerprint density at radius 2 is 2.14 bits per heavy atom. The summed E-state index contributed by atoms with van der Waals surface area (Å²) in [5.74, 6) is 0.250. The van der Waals surface area contributed by atoms with Crippen molar-refractivity contribution in [2.24, 2.45) is 5.73 Å². The third kappa shape index (κ3) is 2.89. The summed E-state index contributed by atoms with van der Waals surface area (Å²) in [6, 6.07) is 2.82. The van der Waals surface area contributed by atoms with Crippen molar-refractivity contribution < 1.29 is 22.4 Å². The second kappa shape index (κ2) is 5.24. The second-order valence-corrected chi connectivity index (χ2v) is 5.19. The van der Waals surface area contributed by atoms with Gasteiger partial charge in [-0.15, -0.1) is 0 Å². The summed E-state index contributed by atoms with van der Waals surface area (Å²) in [5.41, 5.74) is 5.53. The second-order valence-electron chi connectivity index (χ2n) is 5.19. The number of hydrogen-bond donors (Lipinski definition) is 1. The largest absolute Gasteiger partial charge is 0.482 e. The summed E-state index contributed by atoms with van der Waals surface area (Å²) in [6.45, 7) is -1.42. The lowest BCUT2D eigenvalue weighted by Gasteiger charge is -2.34. The van der Waals surface area contributed by atoms with Crippen LogP contribution < -0.4 is 10.5 Å². The van der Waals surface area contributed by atoms with E-state index in [2.05, 4.69) is 15.1 Å². The highest BCUT2D eigenvalue weighted by atomic mass is 19.4. The minimum atomic E-state index is -4.44. The van der Waals surface area contributed by atoms with Gasteiger partial charge in [-0.05, 0) is 31.4 Å². The molecule has 118 valence electrons. The molecule has 0 atom stereocenters. The van der Waals surface area contributed by atoms with Crippen molar-refractivity contribution >= 4 is 0 Å². The van der Waals surface area contributed by atoms with Crippen LogP contribution >= 0.6 is 0 Å². The third-order valence-corrected chi connectivity index (χ3v) is 3.48. The van der Waals surface area contributed by atoms with Crippen LogP contribution in [0.15, 0.2) is 22.9 Å². The highest BCUT2D eigenvalue weighted by Crippen LogP contribution is 2.38. The van der Waals surface area contributed by atoms with Crippen LogP contribution in [0.4, 0.5) is 13.2 Å². The smallest absolute Gasteiger partial charge is 0.422 e. The maximum atomic E-state index is 12.3. The Balaban J connectivity index is 1.85. The first-order valence-corrected chi connectivity index (χ1v) is 6.65. The fourth-order valence-corrected chi connectivity index (χ4v) is 2.13. The minimum absolute atomic E-state index is 0.00972. The van der Waals surface area contributed by atoms with Crippen molar-refractivity contribution in [2.45, 2.75) is 31.0 Å². The van der Waals surface area contributed by atoms with Gasteiger partial charge in [0, 0.05) is 6.20 Å². The van der Waals surface area contributed by atoms with Crippen LogP contribution in [0.2, 0.25) is 0 Å². The van der Waals surface area contributed by atoms with E-state index in [1.54, 1.807) is 0 Å². The third-order valence-electron chi connectivity index (χ3n) is 3.48. The van der Waals surface area contributed by atoms with Gasteiger partial charge >= 0.3 is 6.18 Å². The SMILES string of the molecule is NC1(c2noc(-c3ncccc3OCC(F)(F)F)n2)CCC1. The van der Waals surface area contributed by atoms with Gasteiger partial charge in [-0.25, -0.2) is 4.98 Å². The molecule has 3 rings (SSSR count). The van der Waals surface area contributed by atoms with E-state index in [1.165, 1.54) is 18.3 Å². The molecule has 0 spiro atoms. The van der Waals surface area contributed by atoms with Crippen molar-refractivity contribution in [1.82, 2.24) is 15.1 Å². The molecule has 0 unspecified atom stereocenters. The molecule has 6 nitrogen and oxygen atoms in total.